The molecule has 3 rings (SSSR count). The van der Waals surface area contributed by atoms with Crippen molar-refractivity contribution in [1.82, 2.24) is 0 Å². The number of hydrogen-bond donors (Lipinski definition) is 2. The highest BCUT2D eigenvalue weighted by molar-refractivity contribution is 6.32. The van der Waals surface area contributed by atoms with Crippen molar-refractivity contribution >= 4 is 46.8 Å². The van der Waals surface area contributed by atoms with E-state index in [0.717, 1.165) is 22.0 Å². The summed E-state index contributed by atoms with van der Waals surface area (Å²) in [5, 5.41) is 11.0. The summed E-state index contributed by atoms with van der Waals surface area (Å²) in [6.07, 6.45) is 0.513. The summed E-state index contributed by atoms with van der Waals surface area (Å²) in [6, 6.07) is 3.63. The minimum absolute atomic E-state index is 0.0639. The van der Waals surface area contributed by atoms with Gasteiger partial charge in [-0.1, -0.05) is 0 Å². The number of methoxy groups -OCH3 is 2. The predicted molar refractivity (Wildman–Crippen MR) is 93.3 cm³/mol. The molecule has 2 heterocycles. The van der Waals surface area contributed by atoms with Crippen LogP contribution in [-0.2, 0) is 28.7 Å². The van der Waals surface area contributed by atoms with Crippen LogP contribution in [0.5, 0.6) is 0 Å². The topological polar surface area (TPSA) is 143 Å². The lowest BCUT2D eigenvalue weighted by Crippen LogP contribution is -2.33. The van der Waals surface area contributed by atoms with E-state index in [0.29, 0.717) is 0 Å². The highest BCUT2D eigenvalue weighted by Crippen LogP contribution is 2.33. The molecule has 0 spiro atoms. The maximum atomic E-state index is 12.3. The number of hydrogen-bond acceptors (Lipinski definition) is 7. The fourth-order valence-electron chi connectivity index (χ4n) is 2.73. The van der Waals surface area contributed by atoms with Crippen LogP contribution in [-0.4, -0.2) is 49.0 Å². The standard InChI is InChI=1S/C17H13N3O8/c1-27-11-6-13(21)19(15(11)23)9-3-8(18-17(25)26)4-10(5-9)20-14(22)7-12(28-2)16(20)24/h3-7,18H,1-2H3,(H,25,26). The first-order valence-corrected chi connectivity index (χ1v) is 7.70. The minimum atomic E-state index is -1.42. The molecular weight excluding hydrogens is 374 g/mol. The number of carboxylic acid groups (broad SMARTS) is 1. The summed E-state index contributed by atoms with van der Waals surface area (Å²) in [6.45, 7) is 0. The molecule has 0 atom stereocenters. The highest BCUT2D eigenvalue weighted by atomic mass is 16.5. The number of carbonyl (C=O) groups is 5. The zero-order valence-electron chi connectivity index (χ0n) is 14.6. The molecule has 0 bridgehead atoms. The van der Waals surface area contributed by atoms with Crippen molar-refractivity contribution in [3.8, 4) is 0 Å². The summed E-state index contributed by atoms with van der Waals surface area (Å²) >= 11 is 0. The van der Waals surface area contributed by atoms with E-state index in [1.54, 1.807) is 0 Å². The molecule has 0 aliphatic carbocycles. The molecule has 144 valence electrons. The van der Waals surface area contributed by atoms with E-state index >= 15 is 0 Å². The van der Waals surface area contributed by atoms with Crippen molar-refractivity contribution in [2.24, 2.45) is 0 Å². The molecule has 2 N–H and O–H groups in total. The number of ether oxygens (including phenoxy) is 2. The van der Waals surface area contributed by atoms with Gasteiger partial charge in [0.1, 0.15) is 0 Å². The van der Waals surface area contributed by atoms with E-state index in [1.807, 2.05) is 0 Å². The SMILES string of the molecule is COC1=CC(=O)N(c2cc(NC(=O)O)cc(N3C(=O)C=C(OC)C3=O)c2)C1=O. The number of nitrogens with zero attached hydrogens (tertiary/aromatic N) is 2. The largest absolute Gasteiger partial charge is 0.491 e. The summed E-state index contributed by atoms with van der Waals surface area (Å²) in [4.78, 5) is 61.5. The van der Waals surface area contributed by atoms with Crippen molar-refractivity contribution in [3.63, 3.8) is 0 Å². The monoisotopic (exact) mass is 387 g/mol. The Balaban J connectivity index is 2.08. The number of amides is 5. The van der Waals surface area contributed by atoms with E-state index in [-0.39, 0.29) is 28.6 Å². The lowest BCUT2D eigenvalue weighted by Gasteiger charge is -2.20. The molecule has 0 saturated heterocycles. The Bertz CT molecular complexity index is 926. The summed E-state index contributed by atoms with van der Waals surface area (Å²) in [5.74, 6) is -3.42. The molecule has 28 heavy (non-hydrogen) atoms. The molecular formula is C17H13N3O8. The molecule has 11 heteroatoms. The van der Waals surface area contributed by atoms with Crippen LogP contribution in [0, 0.1) is 0 Å². The van der Waals surface area contributed by atoms with Gasteiger partial charge in [-0.2, -0.15) is 0 Å². The number of benzene rings is 1. The number of anilines is 3. The van der Waals surface area contributed by atoms with Crippen LogP contribution < -0.4 is 15.1 Å². The van der Waals surface area contributed by atoms with Gasteiger partial charge in [0.2, 0.25) is 0 Å². The third kappa shape index (κ3) is 3.05. The van der Waals surface area contributed by atoms with Crippen molar-refractivity contribution in [3.05, 3.63) is 41.9 Å². The average molecular weight is 387 g/mol. The smallest absolute Gasteiger partial charge is 0.409 e. The number of nitrogens with one attached hydrogen (secondary N) is 1. The van der Waals surface area contributed by atoms with E-state index in [4.69, 9.17) is 14.6 Å². The van der Waals surface area contributed by atoms with E-state index < -0.39 is 29.7 Å². The Hall–Kier alpha value is -4.15. The van der Waals surface area contributed by atoms with Gasteiger partial charge in [-0.25, -0.2) is 14.6 Å². The molecule has 0 unspecified atom stereocenters. The van der Waals surface area contributed by atoms with Crippen LogP contribution in [0.25, 0.3) is 0 Å². The molecule has 0 radical (unpaired) electrons. The molecule has 11 nitrogen and oxygen atoms in total. The molecule has 1 aromatic carbocycles. The normalized spacial score (nSPS) is 16.4. The number of rotatable bonds is 5. The van der Waals surface area contributed by atoms with Crippen LogP contribution >= 0.6 is 0 Å². The number of carbonyl (C=O) groups excluding carboxylic acids is 4. The van der Waals surface area contributed by atoms with Gasteiger partial charge in [0.15, 0.2) is 11.5 Å². The Morgan fingerprint density at radius 2 is 1.29 bits per heavy atom. The van der Waals surface area contributed by atoms with Gasteiger partial charge in [0, 0.05) is 5.69 Å². The third-order valence-corrected chi connectivity index (χ3v) is 3.89. The van der Waals surface area contributed by atoms with Gasteiger partial charge in [-0.15, -0.1) is 0 Å². The number of imide groups is 2. The van der Waals surface area contributed by atoms with Gasteiger partial charge in [-0.05, 0) is 18.2 Å². The fourth-order valence-corrected chi connectivity index (χ4v) is 2.73. The van der Waals surface area contributed by atoms with Crippen LogP contribution in [0.4, 0.5) is 21.9 Å². The van der Waals surface area contributed by atoms with Crippen LogP contribution in [0.3, 0.4) is 0 Å². The van der Waals surface area contributed by atoms with Gasteiger partial charge in [0.25, 0.3) is 11.8 Å². The maximum absolute atomic E-state index is 12.3. The van der Waals surface area contributed by atoms with Crippen molar-refractivity contribution in [2.75, 3.05) is 29.3 Å². The van der Waals surface area contributed by atoms with E-state index in [9.17, 15) is 24.0 Å². The first-order chi connectivity index (χ1) is 13.3. The second-order valence-electron chi connectivity index (χ2n) is 5.55. The zero-order valence-corrected chi connectivity index (χ0v) is 14.6. The van der Waals surface area contributed by atoms with E-state index in [1.165, 1.54) is 32.4 Å². The lowest BCUT2D eigenvalue weighted by molar-refractivity contribution is -0.123. The van der Waals surface area contributed by atoms with Crippen molar-refractivity contribution in [2.45, 2.75) is 0 Å². The highest BCUT2D eigenvalue weighted by Gasteiger charge is 2.37. The first-order valence-electron chi connectivity index (χ1n) is 7.70. The second-order valence-corrected chi connectivity index (χ2v) is 5.55. The second kappa shape index (κ2) is 6.87. The first kappa shape index (κ1) is 18.6. The van der Waals surface area contributed by atoms with Crippen LogP contribution in [0.1, 0.15) is 0 Å². The van der Waals surface area contributed by atoms with Gasteiger partial charge < -0.3 is 14.6 Å². The Morgan fingerprint density at radius 3 is 1.61 bits per heavy atom. The fraction of sp³-hybridized carbons (Fsp3) is 0.118. The maximum Gasteiger partial charge on any atom is 0.409 e. The summed E-state index contributed by atoms with van der Waals surface area (Å²) in [5.41, 5.74) is -0.199. The minimum Gasteiger partial charge on any atom is -0.491 e. The molecule has 0 aromatic heterocycles. The van der Waals surface area contributed by atoms with E-state index in [2.05, 4.69) is 5.32 Å². The molecule has 1 aromatic rings. The van der Waals surface area contributed by atoms with Crippen LogP contribution in [0.15, 0.2) is 41.9 Å². The predicted octanol–water partition coefficient (Wildman–Crippen LogP) is 0.583. The van der Waals surface area contributed by atoms with Gasteiger partial charge in [0.05, 0.1) is 37.7 Å². The Labute approximate surface area is 157 Å². The summed E-state index contributed by atoms with van der Waals surface area (Å²) < 4.78 is 9.66. The average Bonchev–Trinajstić information content (AvgIpc) is 3.08. The Kier molecular flexibility index (Phi) is 4.57. The Morgan fingerprint density at radius 1 is 0.857 bits per heavy atom. The lowest BCUT2D eigenvalue weighted by atomic mass is 10.2. The van der Waals surface area contributed by atoms with Crippen molar-refractivity contribution < 1.29 is 38.6 Å². The zero-order chi connectivity index (χ0) is 20.6. The van der Waals surface area contributed by atoms with Crippen molar-refractivity contribution in [1.29, 1.82) is 0 Å². The molecule has 2 aliphatic rings. The summed E-state index contributed by atoms with van der Waals surface area (Å²) in [7, 11) is 2.43. The molecule has 2 aliphatic heterocycles. The third-order valence-electron chi connectivity index (χ3n) is 3.89. The van der Waals surface area contributed by atoms with Crippen LogP contribution in [0.2, 0.25) is 0 Å². The molecule has 0 saturated carbocycles. The van der Waals surface area contributed by atoms with Gasteiger partial charge in [-0.3, -0.25) is 24.5 Å². The van der Waals surface area contributed by atoms with Gasteiger partial charge >= 0.3 is 17.9 Å². The molecule has 0 fully saturated rings. The quantitative estimate of drug-likeness (QED) is 0.699. The molecule has 5 amide bonds.